The number of hydrogen-bond acceptors (Lipinski definition) is 3. The summed E-state index contributed by atoms with van der Waals surface area (Å²) < 4.78 is 18.0. The van der Waals surface area contributed by atoms with Crippen molar-refractivity contribution < 1.29 is 14.2 Å². The van der Waals surface area contributed by atoms with E-state index in [2.05, 4.69) is 22.9 Å². The summed E-state index contributed by atoms with van der Waals surface area (Å²) in [6.07, 6.45) is 1.09. The van der Waals surface area contributed by atoms with Crippen LogP contribution in [-0.2, 0) is 4.74 Å². The highest BCUT2D eigenvalue weighted by Gasteiger charge is 2.33. The lowest BCUT2D eigenvalue weighted by atomic mass is 9.97. The Hall–Kier alpha value is -0.450. The second kappa shape index (κ2) is 7.70. The topological polar surface area (TPSA) is 27.7 Å². The standard InChI is InChI=1S/C16H22BrClO3/c1-4-19-13-8-11(12(17)9-14(13)20-5-2)15(18)16-10(3)6-7-21-16/h8-10,15-16H,4-7H2,1-3H3. The zero-order chi connectivity index (χ0) is 15.4. The molecule has 0 saturated carbocycles. The first-order valence-corrected chi connectivity index (χ1v) is 8.66. The summed E-state index contributed by atoms with van der Waals surface area (Å²) in [6, 6.07) is 3.89. The highest BCUT2D eigenvalue weighted by atomic mass is 79.9. The predicted octanol–water partition coefficient (Wildman–Crippen LogP) is 4.95. The Kier molecular flexibility index (Phi) is 6.20. The number of alkyl halides is 1. The molecular weight excluding hydrogens is 356 g/mol. The van der Waals surface area contributed by atoms with Crippen LogP contribution in [0.3, 0.4) is 0 Å². The van der Waals surface area contributed by atoms with Crippen LogP contribution < -0.4 is 9.47 Å². The first kappa shape index (κ1) is 16.9. The zero-order valence-corrected chi connectivity index (χ0v) is 15.0. The molecule has 1 aromatic carbocycles. The lowest BCUT2D eigenvalue weighted by molar-refractivity contribution is 0.0901. The van der Waals surface area contributed by atoms with Gasteiger partial charge in [-0.2, -0.15) is 0 Å². The van der Waals surface area contributed by atoms with Crippen LogP contribution in [-0.4, -0.2) is 25.9 Å². The molecular formula is C16H22BrClO3. The van der Waals surface area contributed by atoms with Crippen LogP contribution in [0.15, 0.2) is 16.6 Å². The fourth-order valence-corrected chi connectivity index (χ4v) is 3.77. The van der Waals surface area contributed by atoms with E-state index in [9.17, 15) is 0 Å². The lowest BCUT2D eigenvalue weighted by Crippen LogP contribution is -2.20. The normalized spacial score (nSPS) is 23.1. The lowest BCUT2D eigenvalue weighted by Gasteiger charge is -2.23. The minimum Gasteiger partial charge on any atom is -0.490 e. The maximum Gasteiger partial charge on any atom is 0.162 e. The number of benzene rings is 1. The monoisotopic (exact) mass is 376 g/mol. The van der Waals surface area contributed by atoms with Crippen molar-refractivity contribution in [3.05, 3.63) is 22.2 Å². The van der Waals surface area contributed by atoms with Gasteiger partial charge in [-0.25, -0.2) is 0 Å². The number of hydrogen-bond donors (Lipinski definition) is 0. The first-order valence-electron chi connectivity index (χ1n) is 7.43. The molecule has 1 aromatic rings. The molecule has 0 aromatic heterocycles. The third-order valence-corrected chi connectivity index (χ3v) is 4.86. The van der Waals surface area contributed by atoms with Gasteiger partial charge in [-0.1, -0.05) is 22.9 Å². The fraction of sp³-hybridized carbons (Fsp3) is 0.625. The van der Waals surface area contributed by atoms with Gasteiger partial charge in [0.05, 0.1) is 24.7 Å². The molecule has 0 N–H and O–H groups in total. The van der Waals surface area contributed by atoms with Crippen LogP contribution in [0.5, 0.6) is 11.5 Å². The number of halogens is 2. The van der Waals surface area contributed by atoms with Gasteiger partial charge >= 0.3 is 0 Å². The molecule has 118 valence electrons. The predicted molar refractivity (Wildman–Crippen MR) is 88.6 cm³/mol. The average Bonchev–Trinajstić information content (AvgIpc) is 2.87. The van der Waals surface area contributed by atoms with Crippen molar-refractivity contribution in [1.82, 2.24) is 0 Å². The average molecular weight is 378 g/mol. The van der Waals surface area contributed by atoms with Gasteiger partial charge in [-0.3, -0.25) is 0 Å². The third-order valence-electron chi connectivity index (χ3n) is 3.69. The molecule has 1 saturated heterocycles. The Bertz CT molecular complexity index is 481. The molecule has 0 amide bonds. The zero-order valence-electron chi connectivity index (χ0n) is 12.7. The largest absolute Gasteiger partial charge is 0.490 e. The summed E-state index contributed by atoms with van der Waals surface area (Å²) in [6.45, 7) is 8.05. The van der Waals surface area contributed by atoms with Gasteiger partial charge in [0.25, 0.3) is 0 Å². The summed E-state index contributed by atoms with van der Waals surface area (Å²) in [5, 5.41) is -0.202. The van der Waals surface area contributed by atoms with Crippen molar-refractivity contribution in [2.45, 2.75) is 38.7 Å². The number of ether oxygens (including phenoxy) is 3. The van der Waals surface area contributed by atoms with Crippen LogP contribution in [0.2, 0.25) is 0 Å². The smallest absolute Gasteiger partial charge is 0.162 e. The van der Waals surface area contributed by atoms with Crippen LogP contribution in [0.1, 0.15) is 38.1 Å². The van der Waals surface area contributed by atoms with Gasteiger partial charge in [-0.05, 0) is 43.9 Å². The second-order valence-electron chi connectivity index (χ2n) is 5.19. The van der Waals surface area contributed by atoms with Gasteiger partial charge in [0.1, 0.15) is 0 Å². The Labute approximate surface area is 140 Å². The molecule has 1 aliphatic rings. The summed E-state index contributed by atoms with van der Waals surface area (Å²) in [7, 11) is 0. The Morgan fingerprint density at radius 1 is 1.29 bits per heavy atom. The van der Waals surface area contributed by atoms with Crippen LogP contribution in [0.4, 0.5) is 0 Å². The molecule has 0 spiro atoms. The van der Waals surface area contributed by atoms with Crippen molar-refractivity contribution in [2.75, 3.05) is 19.8 Å². The SMILES string of the molecule is CCOc1cc(Br)c(C(Cl)C2OCCC2C)cc1OCC. The van der Waals surface area contributed by atoms with Crippen LogP contribution in [0, 0.1) is 5.92 Å². The maximum atomic E-state index is 6.66. The highest BCUT2D eigenvalue weighted by Crippen LogP contribution is 2.43. The van der Waals surface area contributed by atoms with E-state index >= 15 is 0 Å². The van der Waals surface area contributed by atoms with Crippen molar-refractivity contribution >= 4 is 27.5 Å². The van der Waals surface area contributed by atoms with E-state index in [-0.39, 0.29) is 11.5 Å². The summed E-state index contributed by atoms with van der Waals surface area (Å²) in [4.78, 5) is 0. The Morgan fingerprint density at radius 3 is 2.43 bits per heavy atom. The Balaban J connectivity index is 2.31. The van der Waals surface area contributed by atoms with Crippen LogP contribution >= 0.6 is 27.5 Å². The molecule has 3 unspecified atom stereocenters. The van der Waals surface area contributed by atoms with Gasteiger partial charge < -0.3 is 14.2 Å². The highest BCUT2D eigenvalue weighted by molar-refractivity contribution is 9.10. The van der Waals surface area contributed by atoms with E-state index in [1.54, 1.807) is 0 Å². The molecule has 2 rings (SSSR count). The molecule has 0 radical (unpaired) electrons. The first-order chi connectivity index (χ1) is 10.1. The molecule has 0 bridgehead atoms. The van der Waals surface area contributed by atoms with E-state index in [4.69, 9.17) is 25.8 Å². The van der Waals surface area contributed by atoms with Gasteiger partial charge in [0.2, 0.25) is 0 Å². The minimum atomic E-state index is -0.202. The summed E-state index contributed by atoms with van der Waals surface area (Å²) in [5.41, 5.74) is 0.988. The van der Waals surface area contributed by atoms with Gasteiger partial charge in [0.15, 0.2) is 11.5 Å². The van der Waals surface area contributed by atoms with Gasteiger partial charge in [0, 0.05) is 11.1 Å². The third kappa shape index (κ3) is 3.85. The fourth-order valence-electron chi connectivity index (χ4n) is 2.57. The molecule has 21 heavy (non-hydrogen) atoms. The minimum absolute atomic E-state index is 0.0374. The molecule has 5 heteroatoms. The maximum absolute atomic E-state index is 6.66. The van der Waals surface area contributed by atoms with Gasteiger partial charge in [-0.15, -0.1) is 11.6 Å². The molecule has 1 heterocycles. The van der Waals surface area contributed by atoms with E-state index in [0.717, 1.165) is 34.6 Å². The van der Waals surface area contributed by atoms with E-state index in [1.807, 2.05) is 26.0 Å². The van der Waals surface area contributed by atoms with E-state index < -0.39 is 0 Å². The summed E-state index contributed by atoms with van der Waals surface area (Å²) >= 11 is 10.3. The van der Waals surface area contributed by atoms with Crippen LogP contribution in [0.25, 0.3) is 0 Å². The van der Waals surface area contributed by atoms with Crippen molar-refractivity contribution in [3.8, 4) is 11.5 Å². The molecule has 0 aliphatic carbocycles. The van der Waals surface area contributed by atoms with Crippen molar-refractivity contribution in [1.29, 1.82) is 0 Å². The molecule has 1 aliphatic heterocycles. The van der Waals surface area contributed by atoms with Crippen molar-refractivity contribution in [2.24, 2.45) is 5.92 Å². The van der Waals surface area contributed by atoms with Crippen molar-refractivity contribution in [3.63, 3.8) is 0 Å². The molecule has 3 nitrogen and oxygen atoms in total. The van der Waals surface area contributed by atoms with E-state index in [1.165, 1.54) is 0 Å². The Morgan fingerprint density at radius 2 is 1.90 bits per heavy atom. The second-order valence-corrected chi connectivity index (χ2v) is 6.51. The number of rotatable bonds is 6. The molecule has 3 atom stereocenters. The molecule has 1 fully saturated rings. The quantitative estimate of drug-likeness (QED) is 0.656. The summed E-state index contributed by atoms with van der Waals surface area (Å²) in [5.74, 6) is 1.93. The van der Waals surface area contributed by atoms with E-state index in [0.29, 0.717) is 19.1 Å².